The van der Waals surface area contributed by atoms with Crippen LogP contribution in [0, 0.1) is 6.92 Å². The lowest BCUT2D eigenvalue weighted by Gasteiger charge is -2.14. The molecule has 0 bridgehead atoms. The predicted molar refractivity (Wildman–Crippen MR) is 85.1 cm³/mol. The van der Waals surface area contributed by atoms with Crippen LogP contribution in [0.3, 0.4) is 0 Å². The first kappa shape index (κ1) is 15.5. The van der Waals surface area contributed by atoms with Gasteiger partial charge in [-0.1, -0.05) is 24.6 Å². The fourth-order valence-corrected chi connectivity index (χ4v) is 3.35. The first-order chi connectivity index (χ1) is 9.43. The second-order valence-electron chi connectivity index (χ2n) is 4.91. The maximum Gasteiger partial charge on any atom is 0.0848 e. The van der Waals surface area contributed by atoms with Gasteiger partial charge in [-0.05, 0) is 52.5 Å². The van der Waals surface area contributed by atoms with Crippen LogP contribution in [0.25, 0.3) is 0 Å². The molecule has 20 heavy (non-hydrogen) atoms. The summed E-state index contributed by atoms with van der Waals surface area (Å²) >= 11 is 9.53. The van der Waals surface area contributed by atoms with Crippen molar-refractivity contribution in [3.8, 4) is 0 Å². The van der Waals surface area contributed by atoms with Crippen LogP contribution >= 0.6 is 27.5 Å². The summed E-state index contributed by atoms with van der Waals surface area (Å²) in [6.45, 7) is 4.02. The maximum atomic E-state index is 10.5. The van der Waals surface area contributed by atoms with Crippen LogP contribution in [0.4, 0.5) is 0 Å². The normalized spacial score (nSPS) is 12.7. The highest BCUT2D eigenvalue weighted by Gasteiger charge is 2.18. The van der Waals surface area contributed by atoms with Crippen molar-refractivity contribution in [2.45, 2.75) is 32.8 Å². The van der Waals surface area contributed by atoms with E-state index in [1.807, 2.05) is 36.9 Å². The van der Waals surface area contributed by atoms with Gasteiger partial charge in [0.2, 0.25) is 0 Å². The predicted octanol–water partition coefficient (Wildman–Crippen LogP) is 3.98. The minimum absolute atomic E-state index is 0.520. The average Bonchev–Trinajstić information content (AvgIpc) is 2.66. The summed E-state index contributed by atoms with van der Waals surface area (Å²) in [5, 5.41) is 15.6. The molecule has 0 aliphatic carbocycles. The van der Waals surface area contributed by atoms with Crippen LogP contribution in [-0.2, 0) is 19.9 Å². The van der Waals surface area contributed by atoms with Gasteiger partial charge >= 0.3 is 0 Å². The molecule has 0 aliphatic heterocycles. The number of aromatic nitrogens is 2. The molecule has 0 spiro atoms. The SMILES string of the molecule is CCc1nn(C)c(CC(O)c2ccc(Cl)cc2C)c1Br. The average molecular weight is 358 g/mol. The fraction of sp³-hybridized carbons (Fsp3) is 0.400. The molecule has 2 rings (SSSR count). The first-order valence-corrected chi connectivity index (χ1v) is 7.75. The Morgan fingerprint density at radius 3 is 2.70 bits per heavy atom. The van der Waals surface area contributed by atoms with Crippen molar-refractivity contribution in [1.82, 2.24) is 9.78 Å². The van der Waals surface area contributed by atoms with Gasteiger partial charge in [0.25, 0.3) is 0 Å². The van der Waals surface area contributed by atoms with Crippen LogP contribution in [0.1, 0.15) is 35.5 Å². The van der Waals surface area contributed by atoms with Gasteiger partial charge in [0.05, 0.1) is 22.0 Å². The lowest BCUT2D eigenvalue weighted by atomic mass is 10.00. The van der Waals surface area contributed by atoms with E-state index >= 15 is 0 Å². The number of aliphatic hydroxyl groups is 1. The van der Waals surface area contributed by atoms with Crippen molar-refractivity contribution in [3.63, 3.8) is 0 Å². The van der Waals surface area contributed by atoms with Gasteiger partial charge in [0.15, 0.2) is 0 Å². The Balaban J connectivity index is 2.27. The van der Waals surface area contributed by atoms with Crippen molar-refractivity contribution in [1.29, 1.82) is 0 Å². The molecule has 1 atom stereocenters. The van der Waals surface area contributed by atoms with Crippen molar-refractivity contribution in [2.24, 2.45) is 7.05 Å². The van der Waals surface area contributed by atoms with Gasteiger partial charge in [-0.15, -0.1) is 0 Å². The van der Waals surface area contributed by atoms with Gasteiger partial charge in [-0.3, -0.25) is 4.68 Å². The number of benzene rings is 1. The van der Waals surface area contributed by atoms with Crippen LogP contribution in [0.2, 0.25) is 5.02 Å². The monoisotopic (exact) mass is 356 g/mol. The van der Waals surface area contributed by atoms with Crippen molar-refractivity contribution in [3.05, 3.63) is 50.2 Å². The summed E-state index contributed by atoms with van der Waals surface area (Å²) in [7, 11) is 1.90. The Labute approximate surface area is 132 Å². The summed E-state index contributed by atoms with van der Waals surface area (Å²) in [6.07, 6.45) is 0.820. The molecular formula is C15H18BrClN2O. The van der Waals surface area contributed by atoms with E-state index in [9.17, 15) is 5.11 Å². The zero-order chi connectivity index (χ0) is 14.9. The molecule has 3 nitrogen and oxygen atoms in total. The van der Waals surface area contributed by atoms with Gasteiger partial charge in [0.1, 0.15) is 0 Å². The van der Waals surface area contributed by atoms with E-state index < -0.39 is 6.10 Å². The number of halogens is 2. The summed E-state index contributed by atoms with van der Waals surface area (Å²) in [4.78, 5) is 0. The Hall–Kier alpha value is -0.840. The van der Waals surface area contributed by atoms with Crippen LogP contribution < -0.4 is 0 Å². The Bertz CT molecular complexity index is 625. The minimum atomic E-state index is -0.566. The van der Waals surface area contributed by atoms with Crippen molar-refractivity contribution in [2.75, 3.05) is 0 Å². The molecule has 1 aromatic heterocycles. The smallest absolute Gasteiger partial charge is 0.0848 e. The molecule has 0 amide bonds. The summed E-state index contributed by atoms with van der Waals surface area (Å²) in [5.41, 5.74) is 3.92. The summed E-state index contributed by atoms with van der Waals surface area (Å²) in [6, 6.07) is 5.56. The second-order valence-corrected chi connectivity index (χ2v) is 6.13. The third-order valence-electron chi connectivity index (χ3n) is 3.48. The van der Waals surface area contributed by atoms with E-state index in [0.717, 1.165) is 33.4 Å². The molecule has 5 heteroatoms. The second kappa shape index (κ2) is 6.29. The molecule has 1 N–H and O–H groups in total. The number of aryl methyl sites for hydroxylation is 3. The van der Waals surface area contributed by atoms with E-state index in [0.29, 0.717) is 11.4 Å². The Morgan fingerprint density at radius 1 is 1.45 bits per heavy atom. The highest BCUT2D eigenvalue weighted by atomic mass is 79.9. The molecule has 1 unspecified atom stereocenters. The van der Waals surface area contributed by atoms with E-state index in [1.54, 1.807) is 0 Å². The number of rotatable bonds is 4. The first-order valence-electron chi connectivity index (χ1n) is 6.58. The van der Waals surface area contributed by atoms with Gasteiger partial charge in [-0.25, -0.2) is 0 Å². The fourth-order valence-electron chi connectivity index (χ4n) is 2.35. The van der Waals surface area contributed by atoms with Gasteiger partial charge < -0.3 is 5.11 Å². The van der Waals surface area contributed by atoms with Crippen LogP contribution in [0.15, 0.2) is 22.7 Å². The third-order valence-corrected chi connectivity index (χ3v) is 4.63. The largest absolute Gasteiger partial charge is 0.388 e. The van der Waals surface area contributed by atoms with Crippen molar-refractivity contribution < 1.29 is 5.11 Å². The number of hydrogen-bond acceptors (Lipinski definition) is 2. The minimum Gasteiger partial charge on any atom is -0.388 e. The zero-order valence-corrected chi connectivity index (χ0v) is 14.2. The molecule has 0 saturated carbocycles. The topological polar surface area (TPSA) is 38.0 Å². The highest BCUT2D eigenvalue weighted by molar-refractivity contribution is 9.10. The summed E-state index contributed by atoms with van der Waals surface area (Å²) in [5.74, 6) is 0. The quantitative estimate of drug-likeness (QED) is 0.898. The Kier molecular flexibility index (Phi) is 4.89. The number of hydrogen-bond donors (Lipinski definition) is 1. The standard InChI is InChI=1S/C15H18BrClN2O/c1-4-12-15(16)13(19(3)18-12)8-14(20)11-6-5-10(17)7-9(11)2/h5-7,14,20H,4,8H2,1-3H3. The van der Waals surface area contributed by atoms with E-state index in [4.69, 9.17) is 11.6 Å². The van der Waals surface area contributed by atoms with E-state index in [1.165, 1.54) is 0 Å². The molecule has 1 aromatic carbocycles. The lowest BCUT2D eigenvalue weighted by molar-refractivity contribution is 0.175. The van der Waals surface area contributed by atoms with Gasteiger partial charge in [-0.2, -0.15) is 5.10 Å². The molecule has 108 valence electrons. The molecule has 0 aliphatic rings. The highest BCUT2D eigenvalue weighted by Crippen LogP contribution is 2.28. The van der Waals surface area contributed by atoms with Crippen molar-refractivity contribution >= 4 is 27.5 Å². The third kappa shape index (κ3) is 3.08. The molecule has 0 radical (unpaired) electrons. The maximum absolute atomic E-state index is 10.5. The van der Waals surface area contributed by atoms with Crippen LogP contribution in [0.5, 0.6) is 0 Å². The summed E-state index contributed by atoms with van der Waals surface area (Å²) < 4.78 is 2.82. The number of nitrogens with zero attached hydrogens (tertiary/aromatic N) is 2. The Morgan fingerprint density at radius 2 is 2.15 bits per heavy atom. The molecule has 1 heterocycles. The van der Waals surface area contributed by atoms with E-state index in [-0.39, 0.29) is 0 Å². The molecule has 0 fully saturated rings. The lowest BCUT2D eigenvalue weighted by Crippen LogP contribution is -2.08. The van der Waals surface area contributed by atoms with Gasteiger partial charge in [0, 0.05) is 18.5 Å². The zero-order valence-electron chi connectivity index (χ0n) is 11.8. The molecule has 2 aromatic rings. The van der Waals surface area contributed by atoms with E-state index in [2.05, 4.69) is 28.0 Å². The molecule has 0 saturated heterocycles. The van der Waals surface area contributed by atoms with Crippen LogP contribution in [-0.4, -0.2) is 14.9 Å². The number of aliphatic hydroxyl groups excluding tert-OH is 1. The molecular weight excluding hydrogens is 340 g/mol.